The van der Waals surface area contributed by atoms with E-state index in [0.717, 1.165) is 6.54 Å². The number of anilines is 1. The minimum absolute atomic E-state index is 0.231. The lowest BCUT2D eigenvalue weighted by Crippen LogP contribution is -2.36. The molecule has 100 valence electrons. The summed E-state index contributed by atoms with van der Waals surface area (Å²) >= 11 is 0. The van der Waals surface area contributed by atoms with Crippen LogP contribution in [0.15, 0.2) is 24.3 Å². The van der Waals surface area contributed by atoms with Gasteiger partial charge < -0.3 is 20.7 Å². The fraction of sp³-hybridized carbons (Fsp3) is 0.462. The van der Waals surface area contributed by atoms with E-state index in [4.69, 9.17) is 4.74 Å². The predicted molar refractivity (Wildman–Crippen MR) is 73.2 cm³/mol. The second-order valence-corrected chi connectivity index (χ2v) is 4.19. The van der Waals surface area contributed by atoms with Crippen LogP contribution >= 0.6 is 0 Å². The van der Waals surface area contributed by atoms with Crippen molar-refractivity contribution in [2.75, 3.05) is 25.5 Å². The molecule has 5 nitrogen and oxygen atoms in total. The number of carbonyl (C=O) groups excluding carboxylic acids is 1. The summed E-state index contributed by atoms with van der Waals surface area (Å²) < 4.78 is 5.15. The number of nitrogens with one attached hydrogen (secondary N) is 3. The molecule has 0 aliphatic heterocycles. The average molecular weight is 251 g/mol. The van der Waals surface area contributed by atoms with Crippen LogP contribution in [0.5, 0.6) is 5.75 Å². The Morgan fingerprint density at radius 3 is 2.67 bits per heavy atom. The van der Waals surface area contributed by atoms with E-state index in [1.807, 2.05) is 12.1 Å². The van der Waals surface area contributed by atoms with Crippen LogP contribution < -0.4 is 20.7 Å². The number of carbonyl (C=O) groups is 1. The Kier molecular flexibility index (Phi) is 6.00. The van der Waals surface area contributed by atoms with Crippen molar-refractivity contribution in [2.24, 2.45) is 0 Å². The van der Waals surface area contributed by atoms with Gasteiger partial charge in [0.2, 0.25) is 0 Å². The smallest absolute Gasteiger partial charge is 0.319 e. The number of ether oxygens (including phenoxy) is 1. The van der Waals surface area contributed by atoms with Crippen LogP contribution in [0.4, 0.5) is 10.5 Å². The first-order valence-electron chi connectivity index (χ1n) is 6.04. The molecule has 5 heteroatoms. The van der Waals surface area contributed by atoms with Crippen molar-refractivity contribution in [2.45, 2.75) is 19.9 Å². The van der Waals surface area contributed by atoms with E-state index < -0.39 is 0 Å². The van der Waals surface area contributed by atoms with Gasteiger partial charge in [0.05, 0.1) is 12.8 Å². The lowest BCUT2D eigenvalue weighted by atomic mass is 10.3. The summed E-state index contributed by atoms with van der Waals surface area (Å²) in [5.74, 6) is 0.646. The third-order valence-corrected chi connectivity index (χ3v) is 2.32. The number of hydrogen-bond acceptors (Lipinski definition) is 3. The van der Waals surface area contributed by atoms with Crippen LogP contribution in [0.25, 0.3) is 0 Å². The van der Waals surface area contributed by atoms with E-state index in [1.54, 1.807) is 19.2 Å². The van der Waals surface area contributed by atoms with Gasteiger partial charge >= 0.3 is 6.03 Å². The zero-order valence-electron chi connectivity index (χ0n) is 11.1. The minimum atomic E-state index is -0.231. The minimum Gasteiger partial charge on any atom is -0.495 e. The van der Waals surface area contributed by atoms with Crippen LogP contribution in [-0.2, 0) is 0 Å². The summed E-state index contributed by atoms with van der Waals surface area (Å²) in [6.07, 6.45) is 0. The summed E-state index contributed by atoms with van der Waals surface area (Å²) in [6.45, 7) is 5.46. The molecule has 0 saturated heterocycles. The molecule has 0 aromatic heterocycles. The van der Waals surface area contributed by atoms with Crippen LogP contribution in [0, 0.1) is 0 Å². The number of urea groups is 1. The van der Waals surface area contributed by atoms with Gasteiger partial charge in [-0.2, -0.15) is 0 Å². The molecule has 1 aromatic rings. The normalized spacial score (nSPS) is 10.2. The van der Waals surface area contributed by atoms with E-state index in [-0.39, 0.29) is 6.03 Å². The quantitative estimate of drug-likeness (QED) is 0.676. The second kappa shape index (κ2) is 7.55. The predicted octanol–water partition coefficient (Wildman–Crippen LogP) is 1.81. The molecule has 0 fully saturated rings. The number of benzene rings is 1. The standard InChI is InChI=1S/C13H21N3O2/c1-10(2)14-8-9-15-13(17)16-11-6-4-5-7-12(11)18-3/h4-7,10,14H,8-9H2,1-3H3,(H2,15,16,17). The molecule has 0 atom stereocenters. The Labute approximate surface area is 108 Å². The van der Waals surface area contributed by atoms with Crippen LogP contribution in [-0.4, -0.2) is 32.3 Å². The highest BCUT2D eigenvalue weighted by atomic mass is 16.5. The lowest BCUT2D eigenvalue weighted by molar-refractivity contribution is 0.252. The van der Waals surface area contributed by atoms with Crippen LogP contribution in [0.2, 0.25) is 0 Å². The monoisotopic (exact) mass is 251 g/mol. The van der Waals surface area contributed by atoms with Gasteiger partial charge in [-0.15, -0.1) is 0 Å². The molecule has 0 unspecified atom stereocenters. The molecular weight excluding hydrogens is 230 g/mol. The number of hydrogen-bond donors (Lipinski definition) is 3. The van der Waals surface area contributed by atoms with Crippen molar-refractivity contribution in [3.05, 3.63) is 24.3 Å². The maximum absolute atomic E-state index is 11.6. The molecule has 0 heterocycles. The highest BCUT2D eigenvalue weighted by molar-refractivity contribution is 5.90. The fourth-order valence-electron chi connectivity index (χ4n) is 1.45. The van der Waals surface area contributed by atoms with Crippen molar-refractivity contribution < 1.29 is 9.53 Å². The van der Waals surface area contributed by atoms with Crippen molar-refractivity contribution in [3.63, 3.8) is 0 Å². The molecule has 0 saturated carbocycles. The Morgan fingerprint density at radius 2 is 2.00 bits per heavy atom. The maximum Gasteiger partial charge on any atom is 0.319 e. The molecule has 2 amide bonds. The van der Waals surface area contributed by atoms with Crippen molar-refractivity contribution in [1.29, 1.82) is 0 Å². The van der Waals surface area contributed by atoms with E-state index in [2.05, 4.69) is 29.8 Å². The molecule has 1 aromatic carbocycles. The first kappa shape index (κ1) is 14.3. The van der Waals surface area contributed by atoms with Gasteiger partial charge in [0.25, 0.3) is 0 Å². The molecule has 0 aliphatic rings. The first-order chi connectivity index (χ1) is 8.63. The number of amides is 2. The Hall–Kier alpha value is -1.75. The van der Waals surface area contributed by atoms with Gasteiger partial charge in [0.1, 0.15) is 5.75 Å². The first-order valence-corrected chi connectivity index (χ1v) is 6.04. The van der Waals surface area contributed by atoms with Crippen molar-refractivity contribution in [3.8, 4) is 5.75 Å². The molecular formula is C13H21N3O2. The molecule has 1 rings (SSSR count). The van der Waals surface area contributed by atoms with Crippen LogP contribution in [0.3, 0.4) is 0 Å². The lowest BCUT2D eigenvalue weighted by Gasteiger charge is -2.12. The second-order valence-electron chi connectivity index (χ2n) is 4.19. The third kappa shape index (κ3) is 5.05. The molecule has 0 aliphatic carbocycles. The summed E-state index contributed by atoms with van der Waals surface area (Å²) in [5, 5.41) is 8.74. The summed E-state index contributed by atoms with van der Waals surface area (Å²) in [5.41, 5.74) is 0.661. The van der Waals surface area contributed by atoms with E-state index in [9.17, 15) is 4.79 Å². The number of methoxy groups -OCH3 is 1. The summed E-state index contributed by atoms with van der Waals surface area (Å²) in [4.78, 5) is 11.6. The Morgan fingerprint density at radius 1 is 1.28 bits per heavy atom. The topological polar surface area (TPSA) is 62.4 Å². The summed E-state index contributed by atoms with van der Waals surface area (Å²) in [7, 11) is 1.57. The zero-order chi connectivity index (χ0) is 13.4. The highest BCUT2D eigenvalue weighted by Crippen LogP contribution is 2.22. The maximum atomic E-state index is 11.6. The van der Waals surface area contributed by atoms with E-state index in [0.29, 0.717) is 24.0 Å². The van der Waals surface area contributed by atoms with Crippen molar-refractivity contribution >= 4 is 11.7 Å². The Balaban J connectivity index is 2.35. The van der Waals surface area contributed by atoms with Gasteiger partial charge in [-0.3, -0.25) is 0 Å². The largest absolute Gasteiger partial charge is 0.495 e. The van der Waals surface area contributed by atoms with E-state index >= 15 is 0 Å². The van der Waals surface area contributed by atoms with Gasteiger partial charge in [0, 0.05) is 19.1 Å². The molecule has 18 heavy (non-hydrogen) atoms. The van der Waals surface area contributed by atoms with Gasteiger partial charge in [-0.05, 0) is 12.1 Å². The molecule has 0 bridgehead atoms. The highest BCUT2D eigenvalue weighted by Gasteiger charge is 2.05. The fourth-order valence-corrected chi connectivity index (χ4v) is 1.45. The van der Waals surface area contributed by atoms with Gasteiger partial charge in [0.15, 0.2) is 0 Å². The average Bonchev–Trinajstić information content (AvgIpc) is 2.35. The Bertz CT molecular complexity index is 380. The zero-order valence-corrected chi connectivity index (χ0v) is 11.1. The van der Waals surface area contributed by atoms with Gasteiger partial charge in [-0.25, -0.2) is 4.79 Å². The van der Waals surface area contributed by atoms with Gasteiger partial charge in [-0.1, -0.05) is 26.0 Å². The van der Waals surface area contributed by atoms with E-state index in [1.165, 1.54) is 0 Å². The number of rotatable bonds is 6. The van der Waals surface area contributed by atoms with Crippen LogP contribution in [0.1, 0.15) is 13.8 Å². The molecule has 0 radical (unpaired) electrons. The SMILES string of the molecule is COc1ccccc1NC(=O)NCCNC(C)C. The molecule has 0 spiro atoms. The third-order valence-electron chi connectivity index (χ3n) is 2.32. The number of para-hydroxylation sites is 2. The molecule has 3 N–H and O–H groups in total. The summed E-state index contributed by atoms with van der Waals surface area (Å²) in [6, 6.07) is 7.49. The van der Waals surface area contributed by atoms with Crippen molar-refractivity contribution in [1.82, 2.24) is 10.6 Å².